The van der Waals surface area contributed by atoms with Crippen LogP contribution in [0.2, 0.25) is 0 Å². The summed E-state index contributed by atoms with van der Waals surface area (Å²) in [5, 5.41) is 12.0. The van der Waals surface area contributed by atoms with Gasteiger partial charge in [-0.2, -0.15) is 5.26 Å². The van der Waals surface area contributed by atoms with E-state index in [9.17, 15) is 0 Å². The largest absolute Gasteiger partial charge is 0.479 e. The molecule has 0 saturated heterocycles. The van der Waals surface area contributed by atoms with Gasteiger partial charge >= 0.3 is 0 Å². The molecule has 21 heavy (non-hydrogen) atoms. The maximum absolute atomic E-state index is 8.53. The predicted octanol–water partition coefficient (Wildman–Crippen LogP) is 3.75. The summed E-state index contributed by atoms with van der Waals surface area (Å²) < 4.78 is 5.31. The highest BCUT2D eigenvalue weighted by molar-refractivity contribution is 5.29. The first kappa shape index (κ1) is 15.1. The highest BCUT2D eigenvalue weighted by Crippen LogP contribution is 2.16. The Morgan fingerprint density at radius 1 is 1.19 bits per heavy atom. The summed E-state index contributed by atoms with van der Waals surface area (Å²) in [7, 11) is 0. The molecular formula is C18H20N2O. The molecule has 108 valence electrons. The van der Waals surface area contributed by atoms with Crippen molar-refractivity contribution in [2.24, 2.45) is 0 Å². The Labute approximate surface area is 126 Å². The number of aryl methyl sites for hydroxylation is 1. The molecule has 0 fully saturated rings. The fraction of sp³-hybridized carbons (Fsp3) is 0.278. The number of hydrogen-bond acceptors (Lipinski definition) is 3. The van der Waals surface area contributed by atoms with Crippen LogP contribution in [0.3, 0.4) is 0 Å². The zero-order chi connectivity index (χ0) is 15.1. The molecule has 0 aliphatic heterocycles. The summed E-state index contributed by atoms with van der Waals surface area (Å²) in [5.41, 5.74) is 3.70. The second-order valence-corrected chi connectivity index (χ2v) is 5.11. The van der Waals surface area contributed by atoms with Gasteiger partial charge in [0.2, 0.25) is 0 Å². The van der Waals surface area contributed by atoms with Crippen LogP contribution in [0.4, 0.5) is 0 Å². The first-order valence-electron chi connectivity index (χ1n) is 7.07. The second kappa shape index (κ2) is 7.47. The van der Waals surface area contributed by atoms with E-state index < -0.39 is 0 Å². The van der Waals surface area contributed by atoms with Crippen molar-refractivity contribution in [3.05, 3.63) is 65.2 Å². The van der Waals surface area contributed by atoms with Crippen LogP contribution < -0.4 is 10.1 Å². The molecule has 0 saturated carbocycles. The molecule has 0 amide bonds. The van der Waals surface area contributed by atoms with Crippen LogP contribution in [0.15, 0.2) is 48.5 Å². The van der Waals surface area contributed by atoms with E-state index in [0.717, 1.165) is 17.9 Å². The number of nitrogens with zero attached hydrogens (tertiary/aromatic N) is 1. The smallest absolute Gasteiger partial charge is 0.174 e. The molecule has 0 aliphatic carbocycles. The van der Waals surface area contributed by atoms with Gasteiger partial charge in [-0.3, -0.25) is 0 Å². The number of ether oxygens (including phenoxy) is 1. The lowest BCUT2D eigenvalue weighted by Crippen LogP contribution is -2.18. The van der Waals surface area contributed by atoms with Gasteiger partial charge in [-0.05, 0) is 37.1 Å². The van der Waals surface area contributed by atoms with Gasteiger partial charge in [-0.15, -0.1) is 0 Å². The summed E-state index contributed by atoms with van der Waals surface area (Å²) in [6.45, 7) is 5.10. The minimum Gasteiger partial charge on any atom is -0.479 e. The van der Waals surface area contributed by atoms with Gasteiger partial charge in [-0.25, -0.2) is 0 Å². The Hall–Kier alpha value is -2.31. The summed E-state index contributed by atoms with van der Waals surface area (Å²) in [4.78, 5) is 0. The zero-order valence-corrected chi connectivity index (χ0v) is 12.5. The first-order chi connectivity index (χ1) is 10.2. The average molecular weight is 280 g/mol. The predicted molar refractivity (Wildman–Crippen MR) is 84.0 cm³/mol. The van der Waals surface area contributed by atoms with Gasteiger partial charge in [0.15, 0.2) is 6.61 Å². The molecule has 1 N–H and O–H groups in total. The molecule has 0 aromatic heterocycles. The molecule has 0 bridgehead atoms. The van der Waals surface area contributed by atoms with Crippen molar-refractivity contribution in [1.29, 1.82) is 5.26 Å². The van der Waals surface area contributed by atoms with Gasteiger partial charge in [0.05, 0.1) is 0 Å². The Balaban J connectivity index is 1.95. The Kier molecular flexibility index (Phi) is 5.36. The van der Waals surface area contributed by atoms with E-state index in [0.29, 0.717) is 0 Å². The summed E-state index contributed by atoms with van der Waals surface area (Å²) >= 11 is 0. The van der Waals surface area contributed by atoms with Crippen molar-refractivity contribution in [3.8, 4) is 11.8 Å². The number of benzene rings is 2. The van der Waals surface area contributed by atoms with Crippen LogP contribution in [-0.4, -0.2) is 6.61 Å². The van der Waals surface area contributed by atoms with Gasteiger partial charge in [0, 0.05) is 12.6 Å². The molecule has 3 nitrogen and oxygen atoms in total. The van der Waals surface area contributed by atoms with Crippen molar-refractivity contribution in [3.63, 3.8) is 0 Å². The highest BCUT2D eigenvalue weighted by Gasteiger charge is 2.05. The molecule has 3 heteroatoms. The second-order valence-electron chi connectivity index (χ2n) is 5.11. The van der Waals surface area contributed by atoms with E-state index in [1.165, 1.54) is 11.1 Å². The van der Waals surface area contributed by atoms with Gasteiger partial charge in [0.1, 0.15) is 11.8 Å². The molecular weight excluding hydrogens is 260 g/mol. The van der Waals surface area contributed by atoms with Crippen LogP contribution in [0.5, 0.6) is 5.75 Å². The molecule has 0 unspecified atom stereocenters. The van der Waals surface area contributed by atoms with E-state index in [4.69, 9.17) is 10.00 Å². The number of hydrogen-bond donors (Lipinski definition) is 1. The lowest BCUT2D eigenvalue weighted by molar-refractivity contribution is 0.367. The fourth-order valence-corrected chi connectivity index (χ4v) is 2.19. The molecule has 0 aliphatic rings. The monoisotopic (exact) mass is 280 g/mol. The topological polar surface area (TPSA) is 45.0 Å². The third-order valence-corrected chi connectivity index (χ3v) is 3.36. The summed E-state index contributed by atoms with van der Waals surface area (Å²) in [6.07, 6.45) is 0. The Bertz CT molecular complexity index is 631. The van der Waals surface area contributed by atoms with Crippen molar-refractivity contribution in [2.45, 2.75) is 26.4 Å². The third-order valence-electron chi connectivity index (χ3n) is 3.36. The van der Waals surface area contributed by atoms with E-state index >= 15 is 0 Å². The molecule has 2 aromatic carbocycles. The number of rotatable bonds is 6. The summed E-state index contributed by atoms with van der Waals surface area (Å²) in [6, 6.07) is 18.6. The number of nitriles is 1. The van der Waals surface area contributed by atoms with E-state index in [1.807, 2.05) is 24.3 Å². The Morgan fingerprint density at radius 3 is 2.76 bits per heavy atom. The van der Waals surface area contributed by atoms with Crippen LogP contribution in [-0.2, 0) is 6.54 Å². The SMILES string of the molecule is Cc1cccc([C@H](C)NCc2cccc(OCC#N)c2)c1. The molecule has 2 rings (SSSR count). The van der Waals surface area contributed by atoms with Crippen LogP contribution in [0, 0.1) is 18.3 Å². The molecule has 1 atom stereocenters. The van der Waals surface area contributed by atoms with Crippen molar-refractivity contribution >= 4 is 0 Å². The molecule has 2 aromatic rings. The molecule has 0 radical (unpaired) electrons. The minimum absolute atomic E-state index is 0.0799. The van der Waals surface area contributed by atoms with Crippen molar-refractivity contribution in [1.82, 2.24) is 5.32 Å². The molecule has 0 heterocycles. The third kappa shape index (κ3) is 4.62. The van der Waals surface area contributed by atoms with Crippen molar-refractivity contribution in [2.75, 3.05) is 6.61 Å². The summed E-state index contributed by atoms with van der Waals surface area (Å²) in [5.74, 6) is 0.735. The maximum Gasteiger partial charge on any atom is 0.174 e. The normalized spacial score (nSPS) is 11.7. The van der Waals surface area contributed by atoms with E-state index in [2.05, 4.69) is 49.5 Å². The van der Waals surface area contributed by atoms with E-state index in [-0.39, 0.29) is 12.6 Å². The van der Waals surface area contributed by atoms with E-state index in [1.54, 1.807) is 0 Å². The van der Waals surface area contributed by atoms with Gasteiger partial charge in [0.25, 0.3) is 0 Å². The minimum atomic E-state index is 0.0799. The van der Waals surface area contributed by atoms with Gasteiger partial charge in [-0.1, -0.05) is 42.0 Å². The standard InChI is InChI=1S/C18H20N2O/c1-14-5-3-7-17(11-14)15(2)20-13-16-6-4-8-18(12-16)21-10-9-19/h3-8,11-12,15,20H,10,13H2,1-2H3/t15-/m0/s1. The lowest BCUT2D eigenvalue weighted by Gasteiger charge is -2.15. The fourth-order valence-electron chi connectivity index (χ4n) is 2.19. The number of nitrogens with one attached hydrogen (secondary N) is 1. The van der Waals surface area contributed by atoms with Crippen molar-refractivity contribution < 1.29 is 4.74 Å². The highest BCUT2D eigenvalue weighted by atomic mass is 16.5. The van der Waals surface area contributed by atoms with Gasteiger partial charge < -0.3 is 10.1 Å². The average Bonchev–Trinajstić information content (AvgIpc) is 2.51. The quantitative estimate of drug-likeness (QED) is 0.876. The lowest BCUT2D eigenvalue weighted by atomic mass is 10.1. The van der Waals surface area contributed by atoms with Crippen LogP contribution in [0.25, 0.3) is 0 Å². The zero-order valence-electron chi connectivity index (χ0n) is 12.5. The Morgan fingerprint density at radius 2 is 2.00 bits per heavy atom. The molecule has 0 spiro atoms. The first-order valence-corrected chi connectivity index (χ1v) is 7.07. The van der Waals surface area contributed by atoms with Crippen LogP contribution in [0.1, 0.15) is 29.7 Å². The van der Waals surface area contributed by atoms with Crippen LogP contribution >= 0.6 is 0 Å². The maximum atomic E-state index is 8.53.